The van der Waals surface area contributed by atoms with E-state index in [4.69, 9.17) is 15.2 Å². The highest BCUT2D eigenvalue weighted by atomic mass is 79.9. The fourth-order valence-corrected chi connectivity index (χ4v) is 3.18. The maximum atomic E-state index is 6.18. The number of rotatable bonds is 5. The number of halogens is 1. The fraction of sp³-hybridized carbons (Fsp3) is 0.571. The van der Waals surface area contributed by atoms with E-state index in [1.165, 1.54) is 11.1 Å². The predicted octanol–water partition coefficient (Wildman–Crippen LogP) is 2.98. The SMILES string of the molecule is COCc1cc(Br)cc(OC)c1C1(C(C)N)CC1. The second kappa shape index (κ2) is 5.19. The van der Waals surface area contributed by atoms with Gasteiger partial charge in [0.25, 0.3) is 0 Å². The molecule has 2 rings (SSSR count). The summed E-state index contributed by atoms with van der Waals surface area (Å²) < 4.78 is 11.9. The van der Waals surface area contributed by atoms with Crippen molar-refractivity contribution >= 4 is 15.9 Å². The van der Waals surface area contributed by atoms with Crippen molar-refractivity contribution in [3.8, 4) is 5.75 Å². The lowest BCUT2D eigenvalue weighted by atomic mass is 9.85. The first kappa shape index (κ1) is 13.8. The van der Waals surface area contributed by atoms with Crippen LogP contribution in [0.4, 0.5) is 0 Å². The van der Waals surface area contributed by atoms with Crippen LogP contribution >= 0.6 is 15.9 Å². The topological polar surface area (TPSA) is 44.5 Å². The first-order valence-corrected chi connectivity index (χ1v) is 6.96. The van der Waals surface area contributed by atoms with E-state index in [-0.39, 0.29) is 11.5 Å². The van der Waals surface area contributed by atoms with E-state index in [0.717, 1.165) is 23.1 Å². The number of nitrogens with two attached hydrogens (primary N) is 1. The van der Waals surface area contributed by atoms with Crippen LogP contribution < -0.4 is 10.5 Å². The third-order valence-corrected chi connectivity index (χ3v) is 4.28. The highest BCUT2D eigenvalue weighted by Crippen LogP contribution is 2.55. The Morgan fingerprint density at radius 3 is 2.50 bits per heavy atom. The second-order valence-electron chi connectivity index (χ2n) is 5.02. The van der Waals surface area contributed by atoms with Gasteiger partial charge in [-0.05, 0) is 37.5 Å². The summed E-state index contributed by atoms with van der Waals surface area (Å²) in [6.07, 6.45) is 2.25. The molecular weight excluding hydrogens is 294 g/mol. The second-order valence-corrected chi connectivity index (χ2v) is 5.94. The Kier molecular flexibility index (Phi) is 3.99. The molecule has 0 bridgehead atoms. The summed E-state index contributed by atoms with van der Waals surface area (Å²) in [6, 6.07) is 4.24. The van der Waals surface area contributed by atoms with E-state index in [9.17, 15) is 0 Å². The molecule has 1 fully saturated rings. The van der Waals surface area contributed by atoms with Crippen LogP contribution in [0.3, 0.4) is 0 Å². The van der Waals surface area contributed by atoms with E-state index in [1.807, 2.05) is 6.07 Å². The third kappa shape index (κ3) is 2.29. The Labute approximate surface area is 117 Å². The molecule has 0 saturated heterocycles. The smallest absolute Gasteiger partial charge is 0.124 e. The zero-order valence-electron chi connectivity index (χ0n) is 11.1. The summed E-state index contributed by atoms with van der Waals surface area (Å²) in [7, 11) is 3.42. The van der Waals surface area contributed by atoms with Gasteiger partial charge in [-0.2, -0.15) is 0 Å². The van der Waals surface area contributed by atoms with Crippen LogP contribution in [0.5, 0.6) is 5.75 Å². The van der Waals surface area contributed by atoms with Crippen LogP contribution in [0.2, 0.25) is 0 Å². The molecule has 0 amide bonds. The Morgan fingerprint density at radius 1 is 1.39 bits per heavy atom. The molecule has 1 aliphatic rings. The Bertz CT molecular complexity index is 442. The largest absolute Gasteiger partial charge is 0.496 e. The highest BCUT2D eigenvalue weighted by Gasteiger charge is 2.50. The first-order chi connectivity index (χ1) is 8.55. The van der Waals surface area contributed by atoms with Gasteiger partial charge in [0.05, 0.1) is 13.7 Å². The molecule has 0 radical (unpaired) electrons. The molecule has 0 aromatic heterocycles. The normalized spacial score (nSPS) is 18.5. The zero-order chi connectivity index (χ0) is 13.3. The van der Waals surface area contributed by atoms with Crippen LogP contribution in [0.1, 0.15) is 30.9 Å². The Morgan fingerprint density at radius 2 is 2.06 bits per heavy atom. The minimum atomic E-state index is 0.0694. The predicted molar refractivity (Wildman–Crippen MR) is 76.0 cm³/mol. The summed E-state index contributed by atoms with van der Waals surface area (Å²) in [6.45, 7) is 2.66. The summed E-state index contributed by atoms with van der Waals surface area (Å²) in [4.78, 5) is 0. The lowest BCUT2D eigenvalue weighted by molar-refractivity contribution is 0.183. The molecule has 0 aliphatic heterocycles. The van der Waals surface area contributed by atoms with Gasteiger partial charge in [0, 0.05) is 28.6 Å². The van der Waals surface area contributed by atoms with Crippen LogP contribution in [-0.2, 0) is 16.8 Å². The van der Waals surface area contributed by atoms with E-state index >= 15 is 0 Å². The van der Waals surface area contributed by atoms with Crippen molar-refractivity contribution in [2.45, 2.75) is 37.8 Å². The summed E-state index contributed by atoms with van der Waals surface area (Å²) in [5.41, 5.74) is 8.64. The summed E-state index contributed by atoms with van der Waals surface area (Å²) in [5, 5.41) is 0. The van der Waals surface area contributed by atoms with Gasteiger partial charge in [0.1, 0.15) is 5.75 Å². The van der Waals surface area contributed by atoms with Crippen molar-refractivity contribution in [1.29, 1.82) is 0 Å². The van der Waals surface area contributed by atoms with Gasteiger partial charge in [0.15, 0.2) is 0 Å². The fourth-order valence-electron chi connectivity index (χ4n) is 2.70. The maximum Gasteiger partial charge on any atom is 0.124 e. The summed E-state index contributed by atoms with van der Waals surface area (Å²) >= 11 is 3.52. The molecule has 0 spiro atoms. The highest BCUT2D eigenvalue weighted by molar-refractivity contribution is 9.10. The van der Waals surface area contributed by atoms with Crippen LogP contribution in [-0.4, -0.2) is 20.3 Å². The number of hydrogen-bond donors (Lipinski definition) is 1. The molecule has 100 valence electrons. The van der Waals surface area contributed by atoms with E-state index in [0.29, 0.717) is 6.61 Å². The molecule has 1 aromatic rings. The van der Waals surface area contributed by atoms with Crippen LogP contribution in [0.15, 0.2) is 16.6 Å². The molecule has 1 aliphatic carbocycles. The standard InChI is InChI=1S/C14H20BrNO2/c1-9(16)14(4-5-14)13-10(8-17-2)6-11(15)7-12(13)18-3/h6-7,9H,4-5,8,16H2,1-3H3. The minimum Gasteiger partial charge on any atom is -0.496 e. The van der Waals surface area contributed by atoms with Gasteiger partial charge in [-0.15, -0.1) is 0 Å². The minimum absolute atomic E-state index is 0.0694. The average Bonchev–Trinajstić information content (AvgIpc) is 3.09. The average molecular weight is 314 g/mol. The lowest BCUT2D eigenvalue weighted by Gasteiger charge is -2.26. The quantitative estimate of drug-likeness (QED) is 0.909. The molecule has 4 heteroatoms. The lowest BCUT2D eigenvalue weighted by Crippen LogP contribution is -2.33. The number of benzene rings is 1. The van der Waals surface area contributed by atoms with Gasteiger partial charge in [-0.3, -0.25) is 0 Å². The first-order valence-electron chi connectivity index (χ1n) is 6.16. The van der Waals surface area contributed by atoms with Gasteiger partial charge in [-0.25, -0.2) is 0 Å². The van der Waals surface area contributed by atoms with Crippen molar-refractivity contribution in [3.05, 3.63) is 27.7 Å². The van der Waals surface area contributed by atoms with E-state index in [1.54, 1.807) is 14.2 Å². The Balaban J connectivity index is 2.56. The molecule has 2 N–H and O–H groups in total. The monoisotopic (exact) mass is 313 g/mol. The number of methoxy groups -OCH3 is 2. The van der Waals surface area contributed by atoms with Gasteiger partial charge < -0.3 is 15.2 Å². The molecule has 18 heavy (non-hydrogen) atoms. The van der Waals surface area contributed by atoms with Crippen LogP contribution in [0, 0.1) is 0 Å². The van der Waals surface area contributed by atoms with E-state index in [2.05, 4.69) is 28.9 Å². The van der Waals surface area contributed by atoms with Gasteiger partial charge in [0.2, 0.25) is 0 Å². The van der Waals surface area contributed by atoms with Crippen molar-refractivity contribution in [3.63, 3.8) is 0 Å². The van der Waals surface area contributed by atoms with E-state index < -0.39 is 0 Å². The molecule has 1 unspecified atom stereocenters. The van der Waals surface area contributed by atoms with Crippen molar-refractivity contribution < 1.29 is 9.47 Å². The van der Waals surface area contributed by atoms with Crippen molar-refractivity contribution in [1.82, 2.24) is 0 Å². The number of hydrogen-bond acceptors (Lipinski definition) is 3. The third-order valence-electron chi connectivity index (χ3n) is 3.83. The summed E-state index contributed by atoms with van der Waals surface area (Å²) in [5.74, 6) is 0.909. The molecular formula is C14H20BrNO2. The van der Waals surface area contributed by atoms with Crippen LogP contribution in [0.25, 0.3) is 0 Å². The van der Waals surface area contributed by atoms with Gasteiger partial charge in [-0.1, -0.05) is 15.9 Å². The molecule has 1 atom stereocenters. The molecule has 0 heterocycles. The number of ether oxygens (including phenoxy) is 2. The molecule has 1 aromatic carbocycles. The Hall–Kier alpha value is -0.580. The van der Waals surface area contributed by atoms with Gasteiger partial charge >= 0.3 is 0 Å². The van der Waals surface area contributed by atoms with Crippen molar-refractivity contribution in [2.75, 3.05) is 14.2 Å². The molecule has 3 nitrogen and oxygen atoms in total. The van der Waals surface area contributed by atoms with Crippen molar-refractivity contribution in [2.24, 2.45) is 5.73 Å². The molecule has 1 saturated carbocycles. The maximum absolute atomic E-state index is 6.18. The zero-order valence-corrected chi connectivity index (χ0v) is 12.7.